The summed E-state index contributed by atoms with van der Waals surface area (Å²) >= 11 is 0. The van der Waals surface area contributed by atoms with Gasteiger partial charge in [-0.25, -0.2) is 0 Å². The Labute approximate surface area is 100 Å². The van der Waals surface area contributed by atoms with E-state index in [2.05, 4.69) is 4.99 Å². The van der Waals surface area contributed by atoms with Crippen molar-refractivity contribution in [1.29, 1.82) is 0 Å². The molecule has 0 aromatic rings. The molecule has 0 aliphatic carbocycles. The van der Waals surface area contributed by atoms with Gasteiger partial charge in [0.1, 0.15) is 0 Å². The summed E-state index contributed by atoms with van der Waals surface area (Å²) in [7, 11) is -0.998. The quantitative estimate of drug-likeness (QED) is 0.661. The summed E-state index contributed by atoms with van der Waals surface area (Å²) in [6.07, 6.45) is 2.04. The first-order valence-electron chi connectivity index (χ1n) is 5.61. The van der Waals surface area contributed by atoms with Gasteiger partial charge in [-0.2, -0.15) is 8.78 Å². The van der Waals surface area contributed by atoms with Gasteiger partial charge in [0.2, 0.25) is 0 Å². The first-order chi connectivity index (χ1) is 7.66. The van der Waals surface area contributed by atoms with Gasteiger partial charge in [-0.1, -0.05) is 6.08 Å². The molecule has 2 aliphatic heterocycles. The molecular weight excluding hydrogens is 227 g/mol. The Bertz CT molecular complexity index is 375. The molecule has 0 amide bonds. The van der Waals surface area contributed by atoms with Crippen molar-refractivity contribution in [1.82, 2.24) is 0 Å². The van der Waals surface area contributed by atoms with Crippen molar-refractivity contribution >= 4 is 13.3 Å². The third kappa shape index (κ3) is 2.04. The van der Waals surface area contributed by atoms with Crippen LogP contribution in [0.1, 0.15) is 27.7 Å². The van der Waals surface area contributed by atoms with E-state index in [0.29, 0.717) is 6.21 Å². The van der Waals surface area contributed by atoms with Crippen LogP contribution in [0.25, 0.3) is 0 Å². The number of alkyl halides is 2. The van der Waals surface area contributed by atoms with Gasteiger partial charge in [0.25, 0.3) is 0 Å². The van der Waals surface area contributed by atoms with Crippen LogP contribution in [0.2, 0.25) is 0 Å². The number of hydrogen-bond acceptors (Lipinski definition) is 3. The van der Waals surface area contributed by atoms with Gasteiger partial charge in [-0.05, 0) is 27.7 Å². The first-order valence-corrected chi connectivity index (χ1v) is 5.61. The summed E-state index contributed by atoms with van der Waals surface area (Å²) in [5, 5.41) is 0. The van der Waals surface area contributed by atoms with E-state index in [4.69, 9.17) is 9.31 Å². The Balaban J connectivity index is 2.25. The predicted octanol–water partition coefficient (Wildman–Crippen LogP) is 2.26. The van der Waals surface area contributed by atoms with Crippen molar-refractivity contribution in [3.63, 3.8) is 0 Å². The van der Waals surface area contributed by atoms with Crippen molar-refractivity contribution in [2.75, 3.05) is 6.54 Å². The molecule has 0 radical (unpaired) electrons. The zero-order chi connectivity index (χ0) is 12.9. The average Bonchev–Trinajstić information content (AvgIpc) is 2.34. The van der Waals surface area contributed by atoms with E-state index in [-0.39, 0.29) is 12.0 Å². The monoisotopic (exact) mass is 243 g/mol. The van der Waals surface area contributed by atoms with E-state index in [9.17, 15) is 8.78 Å². The van der Waals surface area contributed by atoms with E-state index < -0.39 is 24.2 Å². The fraction of sp³-hybridized carbons (Fsp3) is 0.727. The molecule has 6 heteroatoms. The Kier molecular flexibility index (Phi) is 2.71. The maximum absolute atomic E-state index is 13.6. The lowest BCUT2D eigenvalue weighted by Gasteiger charge is -2.32. The Morgan fingerprint density at radius 2 is 1.71 bits per heavy atom. The molecule has 0 bridgehead atoms. The lowest BCUT2D eigenvalue weighted by atomic mass is 9.73. The van der Waals surface area contributed by atoms with Crippen LogP contribution in [0.3, 0.4) is 0 Å². The molecule has 3 nitrogen and oxygen atoms in total. The molecule has 0 unspecified atom stereocenters. The van der Waals surface area contributed by atoms with Crippen LogP contribution in [-0.2, 0) is 9.31 Å². The third-order valence-electron chi connectivity index (χ3n) is 3.56. The van der Waals surface area contributed by atoms with Crippen LogP contribution in [0.4, 0.5) is 8.78 Å². The van der Waals surface area contributed by atoms with Crippen LogP contribution >= 0.6 is 0 Å². The summed E-state index contributed by atoms with van der Waals surface area (Å²) in [5.41, 5.74) is -1.36. The van der Waals surface area contributed by atoms with Gasteiger partial charge in [0.05, 0.1) is 24.0 Å². The van der Waals surface area contributed by atoms with Crippen LogP contribution < -0.4 is 0 Å². The minimum absolute atomic E-state index is 0.147. The molecule has 94 valence electrons. The summed E-state index contributed by atoms with van der Waals surface area (Å²) in [5.74, 6) is -3.08. The highest BCUT2D eigenvalue weighted by Crippen LogP contribution is 2.41. The second-order valence-corrected chi connectivity index (χ2v) is 5.36. The molecule has 0 atom stereocenters. The third-order valence-corrected chi connectivity index (χ3v) is 3.56. The normalized spacial score (nSPS) is 29.3. The van der Waals surface area contributed by atoms with E-state index in [1.54, 1.807) is 0 Å². The molecule has 17 heavy (non-hydrogen) atoms. The van der Waals surface area contributed by atoms with E-state index in [1.165, 1.54) is 6.08 Å². The molecule has 0 aromatic carbocycles. The number of dihydropyridines is 1. The molecular formula is C11H16BF2NO2. The summed E-state index contributed by atoms with van der Waals surface area (Å²) in [6, 6.07) is 0. The summed E-state index contributed by atoms with van der Waals surface area (Å²) in [6.45, 7) is 7.59. The molecule has 0 spiro atoms. The largest absolute Gasteiger partial charge is 0.496 e. The molecule has 1 fully saturated rings. The molecule has 0 saturated carbocycles. The number of rotatable bonds is 1. The van der Waals surface area contributed by atoms with Crippen molar-refractivity contribution in [3.8, 4) is 0 Å². The van der Waals surface area contributed by atoms with Crippen molar-refractivity contribution in [2.45, 2.75) is 44.8 Å². The fourth-order valence-electron chi connectivity index (χ4n) is 1.75. The van der Waals surface area contributed by atoms with Crippen molar-refractivity contribution in [3.05, 3.63) is 11.5 Å². The van der Waals surface area contributed by atoms with Gasteiger partial charge < -0.3 is 9.31 Å². The summed E-state index contributed by atoms with van der Waals surface area (Å²) < 4.78 is 38.5. The smallest absolute Gasteiger partial charge is 0.399 e. The second-order valence-electron chi connectivity index (χ2n) is 5.36. The van der Waals surface area contributed by atoms with Gasteiger partial charge in [-0.3, -0.25) is 4.99 Å². The van der Waals surface area contributed by atoms with Gasteiger partial charge in [0.15, 0.2) is 0 Å². The zero-order valence-electron chi connectivity index (χ0n) is 10.5. The highest BCUT2D eigenvalue weighted by Gasteiger charge is 2.56. The highest BCUT2D eigenvalue weighted by molar-refractivity contribution is 6.56. The van der Waals surface area contributed by atoms with Crippen LogP contribution in [0.15, 0.2) is 16.5 Å². The Morgan fingerprint density at radius 1 is 1.18 bits per heavy atom. The van der Waals surface area contributed by atoms with Crippen LogP contribution in [0, 0.1) is 0 Å². The van der Waals surface area contributed by atoms with E-state index >= 15 is 0 Å². The van der Waals surface area contributed by atoms with Crippen LogP contribution in [0.5, 0.6) is 0 Å². The molecule has 0 aromatic heterocycles. The number of hydrogen-bond donors (Lipinski definition) is 0. The van der Waals surface area contributed by atoms with E-state index in [0.717, 1.165) is 0 Å². The first kappa shape index (κ1) is 12.7. The minimum Gasteiger partial charge on any atom is -0.399 e. The number of nitrogens with zero attached hydrogens (tertiary/aromatic N) is 1. The summed E-state index contributed by atoms with van der Waals surface area (Å²) in [4.78, 5) is 3.56. The lowest BCUT2D eigenvalue weighted by Crippen LogP contribution is -2.41. The number of halogens is 2. The lowest BCUT2D eigenvalue weighted by molar-refractivity contribution is 0.00578. The molecule has 2 rings (SSSR count). The van der Waals surface area contributed by atoms with Crippen LogP contribution in [-0.4, -0.2) is 37.0 Å². The minimum atomic E-state index is -3.08. The molecule has 0 N–H and O–H groups in total. The molecule has 1 saturated heterocycles. The van der Waals surface area contributed by atoms with Gasteiger partial charge >= 0.3 is 13.0 Å². The second kappa shape index (κ2) is 3.62. The topological polar surface area (TPSA) is 30.8 Å². The fourth-order valence-corrected chi connectivity index (χ4v) is 1.75. The average molecular weight is 243 g/mol. The molecule has 2 aliphatic rings. The van der Waals surface area contributed by atoms with Crippen molar-refractivity contribution in [2.24, 2.45) is 4.99 Å². The highest BCUT2D eigenvalue weighted by atomic mass is 19.3. The standard InChI is InChI=1S/C11H16BF2NO2/c1-9(2)10(3,4)17-12(16-9)8-5-6-15-7-11(8,13)14/h5,7H,6H2,1-4H3. The predicted molar refractivity (Wildman–Crippen MR) is 62.5 cm³/mol. The van der Waals surface area contributed by atoms with E-state index in [1.807, 2.05) is 27.7 Å². The number of allylic oxidation sites excluding steroid dienone is 1. The SMILES string of the molecule is CC1(C)OB(C2=CCN=CC2(F)F)OC1(C)C. The Morgan fingerprint density at radius 3 is 2.18 bits per heavy atom. The molecule has 2 heterocycles. The number of aliphatic imine (C=N–C) groups is 1. The zero-order valence-corrected chi connectivity index (χ0v) is 10.5. The maximum Gasteiger partial charge on any atom is 0.496 e. The van der Waals surface area contributed by atoms with Gasteiger partial charge in [0, 0.05) is 5.47 Å². The van der Waals surface area contributed by atoms with Gasteiger partial charge in [-0.15, -0.1) is 0 Å². The maximum atomic E-state index is 13.6. The Hall–Kier alpha value is -0.745. The van der Waals surface area contributed by atoms with Crippen molar-refractivity contribution < 1.29 is 18.1 Å².